The molecule has 92 valence electrons. The first-order valence-corrected chi connectivity index (χ1v) is 5.87. The summed E-state index contributed by atoms with van der Waals surface area (Å²) in [6.07, 6.45) is 1.77. The van der Waals surface area contributed by atoms with Crippen LogP contribution in [0.1, 0.15) is 26.7 Å². The molecule has 0 N–H and O–H groups in total. The molecule has 0 radical (unpaired) electrons. The van der Waals surface area contributed by atoms with Gasteiger partial charge in [0.2, 0.25) is 0 Å². The van der Waals surface area contributed by atoms with E-state index in [9.17, 15) is 9.59 Å². The Hall–Kier alpha value is -0.900. The number of likely N-dealkylation sites (tertiary alicyclic amines) is 1. The van der Waals surface area contributed by atoms with Gasteiger partial charge in [-0.2, -0.15) is 0 Å². The minimum absolute atomic E-state index is 0.0973. The van der Waals surface area contributed by atoms with Gasteiger partial charge in [-0.3, -0.25) is 9.59 Å². The van der Waals surface area contributed by atoms with E-state index in [-0.39, 0.29) is 23.8 Å². The van der Waals surface area contributed by atoms with Crippen molar-refractivity contribution in [2.75, 3.05) is 27.7 Å². The molecule has 1 rings (SSSR count). The molecule has 0 aromatic rings. The second kappa shape index (κ2) is 4.53. The number of Topliss-reactive ketones (excluding diaryl/α,β-unsaturated/α-hetero) is 1. The molecule has 0 unspecified atom stereocenters. The number of amides is 1. The van der Waals surface area contributed by atoms with Crippen LogP contribution in [0.2, 0.25) is 0 Å². The van der Waals surface area contributed by atoms with E-state index in [1.807, 2.05) is 28.1 Å². The van der Waals surface area contributed by atoms with Gasteiger partial charge in [-0.05, 0) is 26.7 Å². The number of hydrogen-bond donors (Lipinski definition) is 0. The second-order valence-electron chi connectivity index (χ2n) is 5.59. The fraction of sp³-hybridized carbons (Fsp3) is 0.833. The normalized spacial score (nSPS) is 23.3. The molecule has 0 aromatic carbocycles. The second-order valence-corrected chi connectivity index (χ2v) is 5.59. The number of carbonyl (C=O) groups is 2. The van der Waals surface area contributed by atoms with E-state index in [4.69, 9.17) is 0 Å². The van der Waals surface area contributed by atoms with Crippen molar-refractivity contribution < 1.29 is 14.1 Å². The molecule has 1 amide bonds. The van der Waals surface area contributed by atoms with E-state index >= 15 is 0 Å². The van der Waals surface area contributed by atoms with Gasteiger partial charge in [-0.25, -0.2) is 0 Å². The number of hydrogen-bond acceptors (Lipinski definition) is 2. The number of likely N-dealkylation sites (N-methyl/N-ethyl adjacent to an activating group) is 1. The predicted octanol–water partition coefficient (Wildman–Crippen LogP) is 0.661. The van der Waals surface area contributed by atoms with Gasteiger partial charge in [0.15, 0.2) is 11.8 Å². The Labute approximate surface area is 97.8 Å². The summed E-state index contributed by atoms with van der Waals surface area (Å²) in [5, 5.41) is 0. The Morgan fingerprint density at radius 1 is 1.31 bits per heavy atom. The molecular weight excluding hydrogens is 204 g/mol. The van der Waals surface area contributed by atoms with Gasteiger partial charge in [0.1, 0.15) is 0 Å². The third-order valence-corrected chi connectivity index (χ3v) is 3.52. The predicted molar refractivity (Wildman–Crippen MR) is 62.9 cm³/mol. The molecule has 0 aliphatic carbocycles. The minimum atomic E-state index is -0.179. The zero-order valence-electron chi connectivity index (χ0n) is 11.0. The maximum Gasteiger partial charge on any atom is 0.281 e. The van der Waals surface area contributed by atoms with Crippen molar-refractivity contribution in [3.8, 4) is 0 Å². The standard InChI is InChI=1S/C12H23N2O2/c1-9(14(3,4)5)12(16)13-8-6-7-11(13)10(2)15/h9,11H,6-8H2,1-5H3/q+1/t9-,11-/m0/s1. The van der Waals surface area contributed by atoms with Crippen LogP contribution in [0.3, 0.4) is 0 Å². The lowest BCUT2D eigenvalue weighted by atomic mass is 10.1. The van der Waals surface area contributed by atoms with Crippen LogP contribution in [0.25, 0.3) is 0 Å². The maximum absolute atomic E-state index is 12.3. The van der Waals surface area contributed by atoms with Crippen LogP contribution >= 0.6 is 0 Å². The van der Waals surface area contributed by atoms with E-state index in [1.165, 1.54) is 0 Å². The van der Waals surface area contributed by atoms with Crippen LogP contribution in [0.5, 0.6) is 0 Å². The maximum atomic E-state index is 12.3. The highest BCUT2D eigenvalue weighted by atomic mass is 16.2. The average molecular weight is 227 g/mol. The smallest absolute Gasteiger partial charge is 0.281 e. The minimum Gasteiger partial charge on any atom is -0.328 e. The van der Waals surface area contributed by atoms with Crippen LogP contribution in [-0.2, 0) is 9.59 Å². The molecule has 0 saturated carbocycles. The molecule has 1 heterocycles. The Morgan fingerprint density at radius 2 is 1.88 bits per heavy atom. The first-order valence-electron chi connectivity index (χ1n) is 5.87. The van der Waals surface area contributed by atoms with Crippen molar-refractivity contribution in [1.29, 1.82) is 0 Å². The molecule has 1 aliphatic rings. The van der Waals surface area contributed by atoms with E-state index in [1.54, 1.807) is 11.8 Å². The van der Waals surface area contributed by atoms with Crippen molar-refractivity contribution in [2.24, 2.45) is 0 Å². The Balaban J connectivity index is 2.77. The summed E-state index contributed by atoms with van der Waals surface area (Å²) >= 11 is 0. The van der Waals surface area contributed by atoms with Gasteiger partial charge in [0.05, 0.1) is 27.2 Å². The van der Waals surface area contributed by atoms with Crippen LogP contribution in [0.4, 0.5) is 0 Å². The third-order valence-electron chi connectivity index (χ3n) is 3.52. The molecule has 1 aliphatic heterocycles. The van der Waals surface area contributed by atoms with Gasteiger partial charge >= 0.3 is 0 Å². The van der Waals surface area contributed by atoms with Crippen molar-refractivity contribution in [1.82, 2.24) is 4.90 Å². The first kappa shape index (κ1) is 13.2. The zero-order valence-corrected chi connectivity index (χ0v) is 11.0. The Morgan fingerprint density at radius 3 is 2.31 bits per heavy atom. The average Bonchev–Trinajstić information content (AvgIpc) is 2.62. The molecule has 0 spiro atoms. The topological polar surface area (TPSA) is 37.4 Å². The molecule has 0 aromatic heterocycles. The number of nitrogens with zero attached hydrogens (tertiary/aromatic N) is 2. The van der Waals surface area contributed by atoms with Gasteiger partial charge in [-0.15, -0.1) is 0 Å². The fourth-order valence-corrected chi connectivity index (χ4v) is 2.02. The molecule has 1 fully saturated rings. The summed E-state index contributed by atoms with van der Waals surface area (Å²) < 4.78 is 0.597. The summed E-state index contributed by atoms with van der Waals surface area (Å²) in [7, 11) is 6.00. The Bertz CT molecular complexity index is 294. The lowest BCUT2D eigenvalue weighted by molar-refractivity contribution is -0.884. The van der Waals surface area contributed by atoms with Crippen molar-refractivity contribution in [2.45, 2.75) is 38.8 Å². The molecule has 2 atom stereocenters. The first-order chi connectivity index (χ1) is 7.25. The zero-order chi connectivity index (χ0) is 12.5. The van der Waals surface area contributed by atoms with E-state index < -0.39 is 0 Å². The van der Waals surface area contributed by atoms with E-state index in [0.717, 1.165) is 19.4 Å². The molecule has 16 heavy (non-hydrogen) atoms. The molecule has 0 bridgehead atoms. The van der Waals surface area contributed by atoms with E-state index in [2.05, 4.69) is 0 Å². The van der Waals surface area contributed by atoms with Crippen molar-refractivity contribution in [3.63, 3.8) is 0 Å². The quantitative estimate of drug-likeness (QED) is 0.664. The Kier molecular flexibility index (Phi) is 3.73. The van der Waals surface area contributed by atoms with Gasteiger partial charge in [0, 0.05) is 6.54 Å². The lowest BCUT2D eigenvalue weighted by Crippen LogP contribution is -2.55. The monoisotopic (exact) mass is 227 g/mol. The highest BCUT2D eigenvalue weighted by molar-refractivity contribution is 5.89. The molecule has 4 nitrogen and oxygen atoms in total. The van der Waals surface area contributed by atoms with Crippen LogP contribution in [0.15, 0.2) is 0 Å². The van der Waals surface area contributed by atoms with Crippen LogP contribution in [-0.4, -0.2) is 60.8 Å². The highest BCUT2D eigenvalue weighted by Gasteiger charge is 2.38. The number of quaternary nitrogens is 1. The fourth-order valence-electron chi connectivity index (χ4n) is 2.02. The van der Waals surface area contributed by atoms with E-state index in [0.29, 0.717) is 4.48 Å². The summed E-state index contributed by atoms with van der Waals surface area (Å²) in [6, 6.07) is -0.276. The summed E-state index contributed by atoms with van der Waals surface area (Å²) in [5.41, 5.74) is 0. The summed E-state index contributed by atoms with van der Waals surface area (Å²) in [6.45, 7) is 4.23. The number of rotatable bonds is 3. The largest absolute Gasteiger partial charge is 0.328 e. The molecule has 1 saturated heterocycles. The van der Waals surface area contributed by atoms with Gasteiger partial charge in [0.25, 0.3) is 5.91 Å². The lowest BCUT2D eigenvalue weighted by Gasteiger charge is -2.34. The SMILES string of the molecule is CC(=O)[C@@H]1CCCN1C(=O)[C@H](C)[N+](C)(C)C. The molecular formula is C12H23N2O2+. The molecule has 4 heteroatoms. The third kappa shape index (κ3) is 2.61. The van der Waals surface area contributed by atoms with Crippen molar-refractivity contribution >= 4 is 11.7 Å². The van der Waals surface area contributed by atoms with Crippen LogP contribution in [0, 0.1) is 0 Å². The van der Waals surface area contributed by atoms with Gasteiger partial charge < -0.3 is 9.38 Å². The summed E-state index contributed by atoms with van der Waals surface area (Å²) in [5.74, 6) is 0.213. The van der Waals surface area contributed by atoms with Crippen LogP contribution < -0.4 is 0 Å². The highest BCUT2D eigenvalue weighted by Crippen LogP contribution is 2.20. The van der Waals surface area contributed by atoms with Crippen molar-refractivity contribution in [3.05, 3.63) is 0 Å². The number of ketones is 1. The summed E-state index contributed by atoms with van der Waals surface area (Å²) in [4.78, 5) is 25.5. The number of carbonyl (C=O) groups excluding carboxylic acids is 2. The van der Waals surface area contributed by atoms with Gasteiger partial charge in [-0.1, -0.05) is 0 Å².